The number of aromatic nitrogens is 2. The molecule has 0 bridgehead atoms. The molecule has 1 aliphatic carbocycles. The molecule has 0 spiro atoms. The quantitative estimate of drug-likeness (QED) is 0.533. The van der Waals surface area contributed by atoms with Crippen LogP contribution in [0.2, 0.25) is 0 Å². The Kier molecular flexibility index (Phi) is 5.49. The number of thioether (sulfide) groups is 1. The van der Waals surface area contributed by atoms with Gasteiger partial charge in [-0.3, -0.25) is 4.79 Å². The number of piperidine rings is 1. The highest BCUT2D eigenvalue weighted by atomic mass is 32.2. The van der Waals surface area contributed by atoms with E-state index in [2.05, 4.69) is 9.97 Å². The smallest absolute Gasteiger partial charge is 0.339 e. The first-order valence-electron chi connectivity index (χ1n) is 9.70. The summed E-state index contributed by atoms with van der Waals surface area (Å²) in [4.78, 5) is 22.2. The van der Waals surface area contributed by atoms with Gasteiger partial charge >= 0.3 is 6.18 Å². The van der Waals surface area contributed by atoms with Crippen LogP contribution in [0.15, 0.2) is 29.3 Å². The maximum Gasteiger partial charge on any atom is 0.451 e. The van der Waals surface area contributed by atoms with Gasteiger partial charge in [0.15, 0.2) is 0 Å². The van der Waals surface area contributed by atoms with Gasteiger partial charge in [0, 0.05) is 18.0 Å². The topological polar surface area (TPSA) is 46.1 Å². The molecule has 0 radical (unpaired) electrons. The summed E-state index contributed by atoms with van der Waals surface area (Å²) in [5.41, 5.74) is 0.241. The predicted molar refractivity (Wildman–Crippen MR) is 102 cm³/mol. The van der Waals surface area contributed by atoms with E-state index in [0.717, 1.165) is 37.6 Å². The number of hydrogen-bond acceptors (Lipinski definition) is 4. The molecule has 2 aliphatic rings. The molecule has 0 N–H and O–H groups in total. The van der Waals surface area contributed by atoms with Gasteiger partial charge in [-0.25, -0.2) is 9.97 Å². The highest BCUT2D eigenvalue weighted by Crippen LogP contribution is 2.36. The van der Waals surface area contributed by atoms with Crippen LogP contribution in [-0.2, 0) is 11.0 Å². The third-order valence-electron chi connectivity index (χ3n) is 5.72. The number of rotatable bonds is 3. The number of para-hydroxylation sites is 1. The van der Waals surface area contributed by atoms with Crippen molar-refractivity contribution in [2.24, 2.45) is 5.92 Å². The van der Waals surface area contributed by atoms with E-state index in [1.807, 2.05) is 4.90 Å². The van der Waals surface area contributed by atoms with Crippen molar-refractivity contribution in [2.75, 3.05) is 12.3 Å². The average molecular weight is 409 g/mol. The summed E-state index contributed by atoms with van der Waals surface area (Å²) in [5, 5.41) is 0.756. The van der Waals surface area contributed by atoms with E-state index in [0.29, 0.717) is 17.3 Å². The van der Waals surface area contributed by atoms with Gasteiger partial charge < -0.3 is 4.90 Å². The third-order valence-corrected chi connectivity index (χ3v) is 6.69. The maximum absolute atomic E-state index is 13.2. The lowest BCUT2D eigenvalue weighted by Crippen LogP contribution is -2.50. The van der Waals surface area contributed by atoms with Gasteiger partial charge in [-0.2, -0.15) is 13.2 Å². The lowest BCUT2D eigenvalue weighted by molar-refractivity contribution is -0.145. The third kappa shape index (κ3) is 3.97. The molecule has 150 valence electrons. The molecule has 1 aromatic heterocycles. The van der Waals surface area contributed by atoms with Crippen molar-refractivity contribution >= 4 is 28.6 Å². The van der Waals surface area contributed by atoms with Crippen molar-refractivity contribution in [3.63, 3.8) is 0 Å². The van der Waals surface area contributed by atoms with Crippen LogP contribution < -0.4 is 0 Å². The summed E-state index contributed by atoms with van der Waals surface area (Å²) >= 11 is 1.08. The molecule has 4 rings (SSSR count). The second-order valence-electron chi connectivity index (χ2n) is 7.50. The molecule has 0 unspecified atom stereocenters. The summed E-state index contributed by atoms with van der Waals surface area (Å²) in [6.07, 6.45) is 2.14. The number of alkyl halides is 3. The number of benzene rings is 1. The fourth-order valence-electron chi connectivity index (χ4n) is 4.43. The van der Waals surface area contributed by atoms with Crippen LogP contribution in [0.3, 0.4) is 0 Å². The van der Waals surface area contributed by atoms with E-state index in [1.54, 1.807) is 18.2 Å². The number of hydrogen-bond donors (Lipinski definition) is 0. The second kappa shape index (κ2) is 7.89. The zero-order valence-corrected chi connectivity index (χ0v) is 16.2. The van der Waals surface area contributed by atoms with Gasteiger partial charge in [0.05, 0.1) is 11.3 Å². The summed E-state index contributed by atoms with van der Waals surface area (Å²) in [6.45, 7) is 0.749. The fourth-order valence-corrected chi connectivity index (χ4v) is 5.34. The van der Waals surface area contributed by atoms with Crippen molar-refractivity contribution in [3.8, 4) is 0 Å². The Labute approximate surface area is 165 Å². The highest BCUT2D eigenvalue weighted by Gasteiger charge is 2.37. The first-order chi connectivity index (χ1) is 13.4. The van der Waals surface area contributed by atoms with Gasteiger partial charge in [-0.15, -0.1) is 0 Å². The van der Waals surface area contributed by atoms with Crippen molar-refractivity contribution in [1.82, 2.24) is 14.9 Å². The van der Waals surface area contributed by atoms with E-state index < -0.39 is 12.0 Å². The monoisotopic (exact) mass is 409 g/mol. The molecule has 1 aliphatic heterocycles. The van der Waals surface area contributed by atoms with Gasteiger partial charge in [-0.1, -0.05) is 42.8 Å². The number of fused-ring (bicyclic) bond motifs is 2. The summed E-state index contributed by atoms with van der Waals surface area (Å²) in [7, 11) is 0. The van der Waals surface area contributed by atoms with Gasteiger partial charge in [-0.05, 0) is 37.7 Å². The first kappa shape index (κ1) is 19.5. The largest absolute Gasteiger partial charge is 0.451 e. The Morgan fingerprint density at radius 2 is 1.86 bits per heavy atom. The number of nitrogens with zero attached hydrogens (tertiary/aromatic N) is 3. The molecule has 28 heavy (non-hydrogen) atoms. The van der Waals surface area contributed by atoms with Crippen LogP contribution in [0.25, 0.3) is 10.9 Å². The standard InChI is InChI=1S/C20H22F3N3OS/c21-20(22,23)19-24-15-9-3-2-8-14(15)18(25-19)28-12-17(27)26-11-5-7-13-6-1-4-10-16(13)26/h2-3,8-9,13,16H,1,4-7,10-12H2/t13-,16-/m0/s1. The minimum atomic E-state index is -4.62. The molecule has 4 nitrogen and oxygen atoms in total. The van der Waals surface area contributed by atoms with Crippen LogP contribution in [0.1, 0.15) is 44.3 Å². The molecular weight excluding hydrogens is 387 g/mol. The number of amides is 1. The predicted octanol–water partition coefficient (Wildman–Crippen LogP) is 4.92. The van der Waals surface area contributed by atoms with Gasteiger partial charge in [0.25, 0.3) is 0 Å². The fraction of sp³-hybridized carbons (Fsp3) is 0.550. The number of halogens is 3. The van der Waals surface area contributed by atoms with Crippen molar-refractivity contribution in [2.45, 2.75) is 55.8 Å². The Hall–Kier alpha value is -1.83. The van der Waals surface area contributed by atoms with Crippen LogP contribution in [0.4, 0.5) is 13.2 Å². The second-order valence-corrected chi connectivity index (χ2v) is 8.46. The van der Waals surface area contributed by atoms with Crippen LogP contribution in [0, 0.1) is 5.92 Å². The van der Waals surface area contributed by atoms with E-state index >= 15 is 0 Å². The molecule has 1 aromatic carbocycles. The van der Waals surface area contributed by atoms with Crippen LogP contribution in [-0.4, -0.2) is 39.1 Å². The summed E-state index contributed by atoms with van der Waals surface area (Å²) < 4.78 is 39.5. The van der Waals surface area contributed by atoms with Gasteiger partial charge in [0.1, 0.15) is 5.03 Å². The number of carbonyl (C=O) groups is 1. The molecule has 1 saturated carbocycles. The normalized spacial score (nSPS) is 22.9. The molecule has 1 saturated heterocycles. The van der Waals surface area contributed by atoms with Crippen LogP contribution >= 0.6 is 11.8 Å². The van der Waals surface area contributed by atoms with Crippen molar-refractivity contribution in [1.29, 1.82) is 0 Å². The molecule has 8 heteroatoms. The Morgan fingerprint density at radius 3 is 2.68 bits per heavy atom. The van der Waals surface area contributed by atoms with E-state index in [9.17, 15) is 18.0 Å². The minimum Gasteiger partial charge on any atom is -0.339 e. The van der Waals surface area contributed by atoms with Gasteiger partial charge in [0.2, 0.25) is 11.7 Å². The Balaban J connectivity index is 1.54. The molecule has 1 amide bonds. The summed E-state index contributed by atoms with van der Waals surface area (Å²) in [6, 6.07) is 6.91. The highest BCUT2D eigenvalue weighted by molar-refractivity contribution is 8.00. The van der Waals surface area contributed by atoms with E-state index in [-0.39, 0.29) is 22.2 Å². The zero-order chi connectivity index (χ0) is 19.7. The SMILES string of the molecule is O=C(CSc1nc(C(F)(F)F)nc2ccccc12)N1CCC[C@@H]2CCCC[C@@H]21. The molecule has 2 aromatic rings. The number of likely N-dealkylation sites (tertiary alicyclic amines) is 1. The Bertz CT molecular complexity index is 871. The summed E-state index contributed by atoms with van der Waals surface area (Å²) in [5.74, 6) is -0.487. The van der Waals surface area contributed by atoms with Crippen LogP contribution in [0.5, 0.6) is 0 Å². The van der Waals surface area contributed by atoms with E-state index in [4.69, 9.17) is 0 Å². The molecule has 2 atom stereocenters. The lowest BCUT2D eigenvalue weighted by atomic mass is 9.78. The molecule has 2 fully saturated rings. The van der Waals surface area contributed by atoms with Crippen molar-refractivity contribution in [3.05, 3.63) is 30.1 Å². The maximum atomic E-state index is 13.2. The van der Waals surface area contributed by atoms with E-state index in [1.165, 1.54) is 25.3 Å². The Morgan fingerprint density at radius 1 is 1.11 bits per heavy atom. The zero-order valence-electron chi connectivity index (χ0n) is 15.4. The average Bonchev–Trinajstić information content (AvgIpc) is 2.70. The van der Waals surface area contributed by atoms with Crippen molar-refractivity contribution < 1.29 is 18.0 Å². The minimum absolute atomic E-state index is 0.00199. The first-order valence-corrected chi connectivity index (χ1v) is 10.7. The molecular formula is C20H22F3N3OS. The lowest BCUT2D eigenvalue weighted by Gasteiger charge is -2.44. The number of carbonyl (C=O) groups excluding carboxylic acids is 1. The molecule has 2 heterocycles.